The van der Waals surface area contributed by atoms with Crippen molar-refractivity contribution < 1.29 is 8.42 Å². The first kappa shape index (κ1) is 20.5. The summed E-state index contributed by atoms with van der Waals surface area (Å²) < 4.78 is 28.4. The van der Waals surface area contributed by atoms with E-state index in [9.17, 15) is 8.42 Å². The van der Waals surface area contributed by atoms with Gasteiger partial charge < -0.3 is 10.2 Å². The maximum Gasteiger partial charge on any atom is 0.261 e. The number of halogens is 1. The third-order valence-corrected chi connectivity index (χ3v) is 6.32. The van der Waals surface area contributed by atoms with Crippen LogP contribution in [0.3, 0.4) is 0 Å². The Hall–Kier alpha value is -2.28. The lowest BCUT2D eigenvalue weighted by Gasteiger charge is -2.30. The van der Waals surface area contributed by atoms with E-state index in [1.54, 1.807) is 24.3 Å². The monoisotopic (exact) mass is 417 g/mol. The smallest absolute Gasteiger partial charge is 0.261 e. The summed E-state index contributed by atoms with van der Waals surface area (Å²) in [5, 5.41) is 5.33. The van der Waals surface area contributed by atoms with Crippen LogP contribution in [0.25, 0.3) is 10.8 Å². The van der Waals surface area contributed by atoms with E-state index >= 15 is 0 Å². The van der Waals surface area contributed by atoms with Gasteiger partial charge >= 0.3 is 0 Å². The molecule has 0 spiro atoms. The molecule has 2 N–H and O–H groups in total. The second kappa shape index (κ2) is 8.39. The van der Waals surface area contributed by atoms with Gasteiger partial charge in [0.25, 0.3) is 10.0 Å². The molecule has 1 saturated heterocycles. The first-order valence-electron chi connectivity index (χ1n) is 9.11. The lowest BCUT2D eigenvalue weighted by molar-refractivity contribution is 0.590. The molecule has 0 aliphatic carbocycles. The van der Waals surface area contributed by atoms with Gasteiger partial charge in [-0.2, -0.15) is 0 Å². The van der Waals surface area contributed by atoms with Crippen LogP contribution in [-0.4, -0.2) is 34.6 Å². The predicted octanol–water partition coefficient (Wildman–Crippen LogP) is 3.78. The zero-order valence-corrected chi connectivity index (χ0v) is 17.3. The van der Waals surface area contributed by atoms with Gasteiger partial charge in [0.2, 0.25) is 0 Å². The number of sulfonamides is 1. The SMILES string of the molecule is Cc1ccc(S(=O)(=O)Nc2ccc(N3CCNCC3)c3ccccc23)cc1.Cl. The Balaban J connectivity index is 0.00000225. The van der Waals surface area contributed by atoms with Crippen molar-refractivity contribution in [3.8, 4) is 0 Å². The molecular formula is C21H24ClN3O2S. The molecule has 3 aromatic rings. The van der Waals surface area contributed by atoms with E-state index < -0.39 is 10.0 Å². The van der Waals surface area contributed by atoms with Gasteiger partial charge in [0.1, 0.15) is 0 Å². The van der Waals surface area contributed by atoms with Crippen molar-refractivity contribution in [3.05, 3.63) is 66.2 Å². The highest BCUT2D eigenvalue weighted by molar-refractivity contribution is 7.92. The van der Waals surface area contributed by atoms with Crippen molar-refractivity contribution in [3.63, 3.8) is 0 Å². The maximum atomic E-state index is 12.8. The fourth-order valence-corrected chi connectivity index (χ4v) is 4.55. The molecule has 0 radical (unpaired) electrons. The molecule has 1 heterocycles. The fourth-order valence-electron chi connectivity index (χ4n) is 3.47. The number of fused-ring (bicyclic) bond motifs is 1. The molecule has 0 bridgehead atoms. The van der Waals surface area contributed by atoms with E-state index in [1.807, 2.05) is 37.3 Å². The number of piperazine rings is 1. The molecule has 1 fully saturated rings. The molecule has 1 aliphatic rings. The number of anilines is 2. The summed E-state index contributed by atoms with van der Waals surface area (Å²) >= 11 is 0. The average molecular weight is 418 g/mol. The van der Waals surface area contributed by atoms with Crippen LogP contribution in [0.1, 0.15) is 5.56 Å². The average Bonchev–Trinajstić information content (AvgIpc) is 2.69. The number of hydrogen-bond acceptors (Lipinski definition) is 4. The fraction of sp³-hybridized carbons (Fsp3) is 0.238. The van der Waals surface area contributed by atoms with E-state index in [-0.39, 0.29) is 17.3 Å². The summed E-state index contributed by atoms with van der Waals surface area (Å²) in [6.45, 7) is 5.73. The lowest BCUT2D eigenvalue weighted by atomic mass is 10.1. The van der Waals surface area contributed by atoms with Crippen molar-refractivity contribution in [1.29, 1.82) is 0 Å². The first-order valence-corrected chi connectivity index (χ1v) is 10.6. The van der Waals surface area contributed by atoms with Crippen LogP contribution in [0.4, 0.5) is 11.4 Å². The van der Waals surface area contributed by atoms with Gasteiger partial charge in [-0.15, -0.1) is 12.4 Å². The quantitative estimate of drug-likeness (QED) is 0.678. The maximum absolute atomic E-state index is 12.8. The van der Waals surface area contributed by atoms with Gasteiger partial charge in [-0.3, -0.25) is 4.72 Å². The van der Waals surface area contributed by atoms with Crippen molar-refractivity contribution in [1.82, 2.24) is 5.32 Å². The zero-order valence-electron chi connectivity index (χ0n) is 15.7. The second-order valence-corrected chi connectivity index (χ2v) is 8.52. The normalized spacial score (nSPS) is 14.5. The molecule has 4 rings (SSSR count). The summed E-state index contributed by atoms with van der Waals surface area (Å²) in [7, 11) is -3.63. The molecule has 28 heavy (non-hydrogen) atoms. The summed E-state index contributed by atoms with van der Waals surface area (Å²) in [5.41, 5.74) is 2.77. The van der Waals surface area contributed by atoms with Gasteiger partial charge in [0, 0.05) is 42.6 Å². The van der Waals surface area contributed by atoms with E-state index in [0.717, 1.165) is 48.2 Å². The Bertz CT molecular complexity index is 1060. The van der Waals surface area contributed by atoms with Crippen LogP contribution < -0.4 is 14.9 Å². The van der Waals surface area contributed by atoms with Gasteiger partial charge in [0.15, 0.2) is 0 Å². The molecular weight excluding hydrogens is 394 g/mol. The highest BCUT2D eigenvalue weighted by Gasteiger charge is 2.18. The molecule has 5 nitrogen and oxygen atoms in total. The first-order chi connectivity index (χ1) is 13.0. The Labute approximate surface area is 172 Å². The molecule has 0 saturated carbocycles. The van der Waals surface area contributed by atoms with Crippen LogP contribution >= 0.6 is 12.4 Å². The minimum absolute atomic E-state index is 0. The summed E-state index contributed by atoms with van der Waals surface area (Å²) in [6, 6.07) is 18.7. The number of hydrogen-bond donors (Lipinski definition) is 2. The number of rotatable bonds is 4. The topological polar surface area (TPSA) is 61.4 Å². The summed E-state index contributed by atoms with van der Waals surface area (Å²) in [6.07, 6.45) is 0. The van der Waals surface area contributed by atoms with Crippen LogP contribution in [0.5, 0.6) is 0 Å². The highest BCUT2D eigenvalue weighted by Crippen LogP contribution is 2.33. The van der Waals surface area contributed by atoms with Crippen LogP contribution in [-0.2, 0) is 10.0 Å². The largest absolute Gasteiger partial charge is 0.368 e. The van der Waals surface area contributed by atoms with E-state index in [4.69, 9.17) is 0 Å². The minimum Gasteiger partial charge on any atom is -0.368 e. The molecule has 0 unspecified atom stereocenters. The third kappa shape index (κ3) is 4.09. The number of nitrogens with zero attached hydrogens (tertiary/aromatic N) is 1. The van der Waals surface area contributed by atoms with Gasteiger partial charge in [-0.05, 0) is 31.2 Å². The van der Waals surface area contributed by atoms with Crippen LogP contribution in [0.15, 0.2) is 65.6 Å². The zero-order chi connectivity index (χ0) is 18.9. The number of nitrogens with one attached hydrogen (secondary N) is 2. The van der Waals surface area contributed by atoms with E-state index in [1.165, 1.54) is 0 Å². The van der Waals surface area contributed by atoms with Crippen molar-refractivity contribution in [2.45, 2.75) is 11.8 Å². The second-order valence-electron chi connectivity index (χ2n) is 6.83. The molecule has 0 aromatic heterocycles. The van der Waals surface area contributed by atoms with E-state index in [0.29, 0.717) is 5.69 Å². The van der Waals surface area contributed by atoms with Gasteiger partial charge in [-0.25, -0.2) is 8.42 Å². The van der Waals surface area contributed by atoms with Crippen LogP contribution in [0.2, 0.25) is 0 Å². The molecule has 1 aliphatic heterocycles. The Morgan fingerprint density at radius 3 is 2.21 bits per heavy atom. The molecule has 0 atom stereocenters. The molecule has 0 amide bonds. The van der Waals surface area contributed by atoms with Crippen LogP contribution in [0, 0.1) is 6.92 Å². The Kier molecular flexibility index (Phi) is 6.13. The minimum atomic E-state index is -3.63. The Morgan fingerprint density at radius 1 is 0.893 bits per heavy atom. The van der Waals surface area contributed by atoms with E-state index in [2.05, 4.69) is 21.0 Å². The predicted molar refractivity (Wildman–Crippen MR) is 118 cm³/mol. The van der Waals surface area contributed by atoms with Gasteiger partial charge in [-0.1, -0.05) is 42.0 Å². The summed E-state index contributed by atoms with van der Waals surface area (Å²) in [5.74, 6) is 0. The number of benzene rings is 3. The molecule has 3 aromatic carbocycles. The number of aryl methyl sites for hydroxylation is 1. The third-order valence-electron chi connectivity index (χ3n) is 4.93. The summed E-state index contributed by atoms with van der Waals surface area (Å²) in [4.78, 5) is 2.61. The lowest BCUT2D eigenvalue weighted by Crippen LogP contribution is -2.43. The Morgan fingerprint density at radius 2 is 1.54 bits per heavy atom. The standard InChI is InChI=1S/C21H23N3O2S.ClH/c1-16-6-8-17(9-7-16)27(25,26)23-20-10-11-21(24-14-12-22-13-15-24)19-5-3-2-4-18(19)20;/h2-11,22-23H,12-15H2,1H3;1H. The van der Waals surface area contributed by atoms with Gasteiger partial charge in [0.05, 0.1) is 10.6 Å². The van der Waals surface area contributed by atoms with Crippen molar-refractivity contribution >= 4 is 44.6 Å². The highest BCUT2D eigenvalue weighted by atomic mass is 35.5. The van der Waals surface area contributed by atoms with Crippen molar-refractivity contribution in [2.24, 2.45) is 0 Å². The molecule has 148 valence electrons. The molecule has 7 heteroatoms. The van der Waals surface area contributed by atoms with Crippen molar-refractivity contribution in [2.75, 3.05) is 35.8 Å².